The maximum Gasteiger partial charge on any atom is 0.243 e. The predicted molar refractivity (Wildman–Crippen MR) is 126 cm³/mol. The van der Waals surface area contributed by atoms with Crippen molar-refractivity contribution in [1.29, 1.82) is 0 Å². The van der Waals surface area contributed by atoms with E-state index in [9.17, 15) is 18.0 Å². The molecular weight excluding hydrogens is 442 g/mol. The summed E-state index contributed by atoms with van der Waals surface area (Å²) in [5.41, 5.74) is 2.07. The van der Waals surface area contributed by atoms with Crippen molar-refractivity contribution in [3.05, 3.63) is 48.0 Å². The van der Waals surface area contributed by atoms with Crippen LogP contribution >= 0.6 is 0 Å². The Morgan fingerprint density at radius 2 is 1.82 bits per heavy atom. The van der Waals surface area contributed by atoms with Crippen molar-refractivity contribution < 1.29 is 22.7 Å². The van der Waals surface area contributed by atoms with Crippen LogP contribution in [0.2, 0.25) is 0 Å². The molecule has 2 heterocycles. The summed E-state index contributed by atoms with van der Waals surface area (Å²) in [6.45, 7) is 2.78. The van der Waals surface area contributed by atoms with Crippen LogP contribution in [-0.2, 0) is 19.6 Å². The highest BCUT2D eigenvalue weighted by Crippen LogP contribution is 2.34. The number of amides is 2. The Morgan fingerprint density at radius 3 is 2.52 bits per heavy atom. The van der Waals surface area contributed by atoms with Gasteiger partial charge >= 0.3 is 0 Å². The fourth-order valence-corrected chi connectivity index (χ4v) is 6.06. The lowest BCUT2D eigenvalue weighted by Gasteiger charge is -2.29. The Kier molecular flexibility index (Phi) is 6.71. The minimum Gasteiger partial charge on any atom is -0.495 e. The molecule has 0 saturated carbocycles. The molecule has 0 unspecified atom stereocenters. The first-order valence-corrected chi connectivity index (χ1v) is 12.6. The molecule has 2 aromatic carbocycles. The first kappa shape index (κ1) is 23.3. The normalized spacial score (nSPS) is 19.5. The van der Waals surface area contributed by atoms with Gasteiger partial charge in [0, 0.05) is 25.2 Å². The summed E-state index contributed by atoms with van der Waals surface area (Å²) in [6, 6.07) is 11.0. The topological polar surface area (TPSA) is 96.0 Å². The van der Waals surface area contributed by atoms with Gasteiger partial charge in [0.15, 0.2) is 0 Å². The molecule has 0 radical (unpaired) electrons. The molecule has 1 atom stereocenters. The minimum absolute atomic E-state index is 0.0224. The van der Waals surface area contributed by atoms with Crippen LogP contribution in [0.25, 0.3) is 0 Å². The van der Waals surface area contributed by atoms with E-state index in [2.05, 4.69) is 5.32 Å². The van der Waals surface area contributed by atoms with Gasteiger partial charge in [-0.25, -0.2) is 8.42 Å². The molecule has 0 bridgehead atoms. The number of hydrogen-bond donors (Lipinski definition) is 1. The van der Waals surface area contributed by atoms with Crippen LogP contribution in [-0.4, -0.2) is 50.8 Å². The van der Waals surface area contributed by atoms with Crippen molar-refractivity contribution in [3.63, 3.8) is 0 Å². The van der Waals surface area contributed by atoms with Gasteiger partial charge in [0.2, 0.25) is 21.8 Å². The molecule has 0 aromatic heterocycles. The number of nitrogens with zero attached hydrogens (tertiary/aromatic N) is 2. The molecule has 176 valence electrons. The second kappa shape index (κ2) is 9.52. The van der Waals surface area contributed by atoms with Gasteiger partial charge in [-0.3, -0.25) is 9.59 Å². The van der Waals surface area contributed by atoms with Gasteiger partial charge < -0.3 is 15.0 Å². The molecule has 33 heavy (non-hydrogen) atoms. The Balaban J connectivity index is 1.55. The third-order valence-corrected chi connectivity index (χ3v) is 8.12. The lowest BCUT2D eigenvalue weighted by Crippen LogP contribution is -2.43. The van der Waals surface area contributed by atoms with Gasteiger partial charge in [0.1, 0.15) is 11.8 Å². The Morgan fingerprint density at radius 1 is 1.06 bits per heavy atom. The van der Waals surface area contributed by atoms with Gasteiger partial charge in [0.25, 0.3) is 0 Å². The summed E-state index contributed by atoms with van der Waals surface area (Å²) in [5.74, 6) is 0.186. The van der Waals surface area contributed by atoms with Crippen LogP contribution in [0, 0.1) is 6.92 Å². The van der Waals surface area contributed by atoms with Gasteiger partial charge in [-0.15, -0.1) is 0 Å². The molecule has 4 rings (SSSR count). The van der Waals surface area contributed by atoms with Crippen molar-refractivity contribution in [2.75, 3.05) is 30.4 Å². The molecule has 9 heteroatoms. The minimum atomic E-state index is -3.79. The van der Waals surface area contributed by atoms with Crippen LogP contribution in [0.3, 0.4) is 0 Å². The molecule has 8 nitrogen and oxygen atoms in total. The van der Waals surface area contributed by atoms with E-state index in [0.29, 0.717) is 49.5 Å². The van der Waals surface area contributed by atoms with Gasteiger partial charge in [-0.1, -0.05) is 17.7 Å². The van der Waals surface area contributed by atoms with Gasteiger partial charge in [0.05, 0.1) is 17.7 Å². The summed E-state index contributed by atoms with van der Waals surface area (Å²) in [6.07, 6.45) is 3.30. The van der Waals surface area contributed by atoms with E-state index in [4.69, 9.17) is 4.74 Å². The monoisotopic (exact) mass is 471 g/mol. The number of aryl methyl sites for hydroxylation is 1. The third-order valence-electron chi connectivity index (χ3n) is 6.19. The number of carbonyl (C=O) groups is 2. The van der Waals surface area contributed by atoms with Crippen LogP contribution in [0.15, 0.2) is 47.4 Å². The predicted octanol–water partition coefficient (Wildman–Crippen LogP) is 3.31. The van der Waals surface area contributed by atoms with Crippen molar-refractivity contribution in [3.8, 4) is 5.75 Å². The number of sulfonamides is 1. The summed E-state index contributed by atoms with van der Waals surface area (Å²) < 4.78 is 33.1. The van der Waals surface area contributed by atoms with Gasteiger partial charge in [-0.05, 0) is 62.9 Å². The van der Waals surface area contributed by atoms with Crippen LogP contribution < -0.4 is 15.0 Å². The number of anilines is 2. The van der Waals surface area contributed by atoms with Crippen LogP contribution in [0.1, 0.15) is 37.7 Å². The maximum atomic E-state index is 13.2. The number of carbonyl (C=O) groups excluding carboxylic acids is 2. The van der Waals surface area contributed by atoms with Crippen LogP contribution in [0.4, 0.5) is 11.4 Å². The first-order valence-electron chi connectivity index (χ1n) is 11.2. The quantitative estimate of drug-likeness (QED) is 0.697. The highest BCUT2D eigenvalue weighted by atomic mass is 32.2. The smallest absolute Gasteiger partial charge is 0.243 e. The summed E-state index contributed by atoms with van der Waals surface area (Å²) >= 11 is 0. The third kappa shape index (κ3) is 4.74. The summed E-state index contributed by atoms with van der Waals surface area (Å²) in [5, 5.41) is 2.85. The second-order valence-electron chi connectivity index (χ2n) is 8.47. The van der Waals surface area contributed by atoms with Crippen LogP contribution in [0.5, 0.6) is 5.75 Å². The fraction of sp³-hybridized carbons (Fsp3) is 0.417. The lowest BCUT2D eigenvalue weighted by atomic mass is 10.1. The largest absolute Gasteiger partial charge is 0.495 e. The fourth-order valence-electron chi connectivity index (χ4n) is 4.40. The molecule has 0 spiro atoms. The van der Waals surface area contributed by atoms with E-state index in [-0.39, 0.29) is 16.7 Å². The molecule has 0 aliphatic carbocycles. The molecule has 2 aliphatic heterocycles. The number of methoxy groups -OCH3 is 1. The number of rotatable bonds is 6. The average Bonchev–Trinajstić information content (AvgIpc) is 3.31. The highest BCUT2D eigenvalue weighted by Gasteiger charge is 2.39. The van der Waals surface area contributed by atoms with E-state index in [0.717, 1.165) is 18.4 Å². The Labute approximate surface area is 194 Å². The lowest BCUT2D eigenvalue weighted by molar-refractivity contribution is -0.120. The molecule has 2 aliphatic rings. The maximum absolute atomic E-state index is 13.2. The number of piperidine rings is 1. The SMILES string of the molecule is COc1ccc(NC(=O)[C@@H]2CCCN2S(=O)(=O)c2ccc(C)cc2)cc1N1CCCCC1=O. The van der Waals surface area contributed by atoms with E-state index < -0.39 is 16.1 Å². The Bertz CT molecular complexity index is 1150. The van der Waals surface area contributed by atoms with E-state index in [1.165, 1.54) is 11.4 Å². The van der Waals surface area contributed by atoms with Crippen molar-refractivity contribution in [2.45, 2.75) is 50.0 Å². The summed E-state index contributed by atoms with van der Waals surface area (Å²) in [4.78, 5) is 27.4. The standard InChI is InChI=1S/C24H29N3O5S/c1-17-8-11-19(12-9-17)33(30,31)27-15-5-6-20(27)24(29)25-18-10-13-22(32-2)21(16-18)26-14-4-3-7-23(26)28/h8-13,16,20H,3-7,14-15H2,1-2H3,(H,25,29)/t20-/m0/s1. The Hall–Kier alpha value is -2.91. The zero-order valence-electron chi connectivity index (χ0n) is 18.9. The zero-order chi connectivity index (χ0) is 23.6. The first-order chi connectivity index (χ1) is 15.8. The van der Waals surface area contributed by atoms with Crippen molar-refractivity contribution in [2.24, 2.45) is 0 Å². The number of ether oxygens (including phenoxy) is 1. The summed E-state index contributed by atoms with van der Waals surface area (Å²) in [7, 11) is -2.25. The van der Waals surface area contributed by atoms with E-state index in [1.807, 2.05) is 6.92 Å². The zero-order valence-corrected chi connectivity index (χ0v) is 19.7. The van der Waals surface area contributed by atoms with Crippen molar-refractivity contribution >= 4 is 33.2 Å². The molecule has 2 amide bonds. The molecular formula is C24H29N3O5S. The number of nitrogens with one attached hydrogen (secondary N) is 1. The second-order valence-corrected chi connectivity index (χ2v) is 10.4. The molecule has 1 N–H and O–H groups in total. The van der Waals surface area contributed by atoms with E-state index >= 15 is 0 Å². The van der Waals surface area contributed by atoms with E-state index in [1.54, 1.807) is 47.4 Å². The molecule has 2 aromatic rings. The number of benzene rings is 2. The molecule has 2 fully saturated rings. The molecule has 2 saturated heterocycles. The number of hydrogen-bond acceptors (Lipinski definition) is 5. The average molecular weight is 472 g/mol. The highest BCUT2D eigenvalue weighted by molar-refractivity contribution is 7.89. The van der Waals surface area contributed by atoms with Gasteiger partial charge in [-0.2, -0.15) is 4.31 Å². The van der Waals surface area contributed by atoms with Crippen molar-refractivity contribution in [1.82, 2.24) is 4.31 Å².